The average Bonchev–Trinajstić information content (AvgIpc) is 2.47. The summed E-state index contributed by atoms with van der Waals surface area (Å²) in [5.41, 5.74) is 2.02. The number of carbonyl (C=O) groups is 1. The van der Waals surface area contributed by atoms with E-state index in [4.69, 9.17) is 0 Å². The second-order valence-corrected chi connectivity index (χ2v) is 5.07. The van der Waals surface area contributed by atoms with Crippen LogP contribution in [0.2, 0.25) is 0 Å². The number of rotatable bonds is 4. The van der Waals surface area contributed by atoms with Crippen LogP contribution < -0.4 is 5.32 Å². The zero-order chi connectivity index (χ0) is 15.4. The number of aliphatic hydroxyl groups is 1. The van der Waals surface area contributed by atoms with Crippen LogP contribution in [0.25, 0.3) is 0 Å². The summed E-state index contributed by atoms with van der Waals surface area (Å²) in [4.78, 5) is 12.2. The summed E-state index contributed by atoms with van der Waals surface area (Å²) in [6.45, 7) is 3.57. The van der Waals surface area contributed by atoms with E-state index in [9.17, 15) is 14.3 Å². The van der Waals surface area contributed by atoms with Crippen LogP contribution >= 0.6 is 0 Å². The number of benzene rings is 2. The van der Waals surface area contributed by atoms with E-state index in [1.165, 1.54) is 24.3 Å². The quantitative estimate of drug-likeness (QED) is 0.908. The van der Waals surface area contributed by atoms with Gasteiger partial charge in [0, 0.05) is 5.56 Å². The van der Waals surface area contributed by atoms with Crippen molar-refractivity contribution in [3.8, 4) is 0 Å². The minimum atomic E-state index is -0.890. The molecule has 0 saturated carbocycles. The molecule has 2 aromatic carbocycles. The van der Waals surface area contributed by atoms with Gasteiger partial charge in [-0.1, -0.05) is 30.3 Å². The van der Waals surface area contributed by atoms with Gasteiger partial charge in [0.25, 0.3) is 5.91 Å². The number of carbonyl (C=O) groups excluding carboxylic acids is 1. The maximum absolute atomic E-state index is 12.9. The lowest BCUT2D eigenvalue weighted by Gasteiger charge is -2.21. The van der Waals surface area contributed by atoms with E-state index in [1.54, 1.807) is 19.1 Å². The molecule has 4 heteroatoms. The molecule has 110 valence electrons. The largest absolute Gasteiger partial charge is 0.386 e. The molecule has 0 spiro atoms. The highest BCUT2D eigenvalue weighted by Gasteiger charge is 2.19. The lowest BCUT2D eigenvalue weighted by molar-refractivity contribution is 0.0851. The Labute approximate surface area is 123 Å². The summed E-state index contributed by atoms with van der Waals surface area (Å²) in [6.07, 6.45) is -0.890. The number of nitrogens with one attached hydrogen (secondary N) is 1. The third-order valence-electron chi connectivity index (χ3n) is 3.43. The van der Waals surface area contributed by atoms with Crippen molar-refractivity contribution in [1.29, 1.82) is 0 Å². The number of amides is 1. The monoisotopic (exact) mass is 287 g/mol. The van der Waals surface area contributed by atoms with Crippen LogP contribution in [0.4, 0.5) is 4.39 Å². The van der Waals surface area contributed by atoms with Gasteiger partial charge in [-0.15, -0.1) is 0 Å². The molecule has 2 aromatic rings. The van der Waals surface area contributed by atoms with E-state index < -0.39 is 12.1 Å². The van der Waals surface area contributed by atoms with Crippen molar-refractivity contribution in [2.75, 3.05) is 0 Å². The van der Waals surface area contributed by atoms with Gasteiger partial charge >= 0.3 is 0 Å². The van der Waals surface area contributed by atoms with Gasteiger partial charge in [-0.2, -0.15) is 0 Å². The molecule has 0 aromatic heterocycles. The topological polar surface area (TPSA) is 49.3 Å². The first-order valence-corrected chi connectivity index (χ1v) is 6.79. The average molecular weight is 287 g/mol. The lowest BCUT2D eigenvalue weighted by Crippen LogP contribution is -2.37. The molecule has 0 aliphatic rings. The number of hydrogen-bond donors (Lipinski definition) is 2. The fourth-order valence-electron chi connectivity index (χ4n) is 2.14. The van der Waals surface area contributed by atoms with E-state index >= 15 is 0 Å². The predicted octanol–water partition coefficient (Wildman–Crippen LogP) is 2.99. The molecular weight excluding hydrogens is 269 g/mol. The number of hydrogen-bond acceptors (Lipinski definition) is 2. The van der Waals surface area contributed by atoms with E-state index in [-0.39, 0.29) is 11.7 Å². The van der Waals surface area contributed by atoms with E-state index in [2.05, 4.69) is 5.32 Å². The Hall–Kier alpha value is -2.20. The molecule has 2 atom stereocenters. The van der Waals surface area contributed by atoms with Crippen LogP contribution in [0.3, 0.4) is 0 Å². The van der Waals surface area contributed by atoms with Gasteiger partial charge in [-0.3, -0.25) is 4.79 Å². The second kappa shape index (κ2) is 6.50. The Morgan fingerprint density at radius 2 is 1.76 bits per heavy atom. The smallest absolute Gasteiger partial charge is 0.251 e. The molecule has 0 aliphatic carbocycles. The summed E-state index contributed by atoms with van der Waals surface area (Å²) in [6, 6.07) is 12.4. The molecule has 0 aliphatic heterocycles. The molecule has 21 heavy (non-hydrogen) atoms. The van der Waals surface area contributed by atoms with Crippen molar-refractivity contribution >= 4 is 5.91 Å². The van der Waals surface area contributed by atoms with Crippen LogP contribution in [0.15, 0.2) is 48.5 Å². The minimum absolute atomic E-state index is 0.234. The molecule has 0 bridgehead atoms. The van der Waals surface area contributed by atoms with Crippen molar-refractivity contribution in [2.24, 2.45) is 0 Å². The standard InChI is InChI=1S/C17H18FNO2/c1-11-5-3-4-6-15(11)17(21)19-12(2)16(20)13-7-9-14(18)10-8-13/h3-10,12,16,20H,1-2H3,(H,19,21). The first-order chi connectivity index (χ1) is 9.99. The number of aliphatic hydroxyl groups excluding tert-OH is 1. The van der Waals surface area contributed by atoms with E-state index in [0.717, 1.165) is 5.56 Å². The van der Waals surface area contributed by atoms with Crippen LogP contribution in [-0.2, 0) is 0 Å². The molecule has 0 fully saturated rings. The van der Waals surface area contributed by atoms with E-state index in [0.29, 0.717) is 11.1 Å². The summed E-state index contributed by atoms with van der Waals surface area (Å²) < 4.78 is 12.9. The normalized spacial score (nSPS) is 13.5. The van der Waals surface area contributed by atoms with Gasteiger partial charge in [0.05, 0.1) is 12.1 Å². The maximum Gasteiger partial charge on any atom is 0.251 e. The molecule has 0 radical (unpaired) electrons. The molecule has 2 unspecified atom stereocenters. The summed E-state index contributed by atoms with van der Waals surface area (Å²) in [5, 5.41) is 13.0. The van der Waals surface area contributed by atoms with Gasteiger partial charge in [0.1, 0.15) is 5.82 Å². The third kappa shape index (κ3) is 3.67. The highest BCUT2D eigenvalue weighted by atomic mass is 19.1. The van der Waals surface area contributed by atoms with Crippen molar-refractivity contribution in [2.45, 2.75) is 26.0 Å². The van der Waals surface area contributed by atoms with Crippen LogP contribution in [0, 0.1) is 12.7 Å². The maximum atomic E-state index is 12.9. The second-order valence-electron chi connectivity index (χ2n) is 5.07. The van der Waals surface area contributed by atoms with Crippen molar-refractivity contribution in [3.63, 3.8) is 0 Å². The van der Waals surface area contributed by atoms with Crippen LogP contribution in [0.5, 0.6) is 0 Å². The first kappa shape index (κ1) is 15.2. The molecule has 2 N–H and O–H groups in total. The molecule has 1 amide bonds. The van der Waals surface area contributed by atoms with E-state index in [1.807, 2.05) is 19.1 Å². The molecule has 0 saturated heterocycles. The predicted molar refractivity (Wildman–Crippen MR) is 79.5 cm³/mol. The minimum Gasteiger partial charge on any atom is -0.386 e. The molecule has 0 heterocycles. The Bertz CT molecular complexity index is 625. The van der Waals surface area contributed by atoms with Gasteiger partial charge in [-0.05, 0) is 43.2 Å². The fraction of sp³-hybridized carbons (Fsp3) is 0.235. The van der Waals surface area contributed by atoms with Crippen molar-refractivity contribution < 1.29 is 14.3 Å². The number of halogens is 1. The highest BCUT2D eigenvalue weighted by Crippen LogP contribution is 2.18. The van der Waals surface area contributed by atoms with Crippen LogP contribution in [-0.4, -0.2) is 17.1 Å². The van der Waals surface area contributed by atoms with Gasteiger partial charge < -0.3 is 10.4 Å². The lowest BCUT2D eigenvalue weighted by atomic mass is 10.0. The highest BCUT2D eigenvalue weighted by molar-refractivity contribution is 5.95. The summed E-state index contributed by atoms with van der Waals surface area (Å²) in [5.74, 6) is -0.593. The molecular formula is C17H18FNO2. The SMILES string of the molecule is Cc1ccccc1C(=O)NC(C)C(O)c1ccc(F)cc1. The Morgan fingerprint density at radius 3 is 2.38 bits per heavy atom. The summed E-state index contributed by atoms with van der Waals surface area (Å²) >= 11 is 0. The third-order valence-corrected chi connectivity index (χ3v) is 3.43. The van der Waals surface area contributed by atoms with Gasteiger partial charge in [-0.25, -0.2) is 4.39 Å². The van der Waals surface area contributed by atoms with Crippen LogP contribution in [0.1, 0.15) is 34.5 Å². The molecule has 2 rings (SSSR count). The zero-order valence-electron chi connectivity index (χ0n) is 12.0. The zero-order valence-corrected chi connectivity index (χ0v) is 12.0. The Morgan fingerprint density at radius 1 is 1.14 bits per heavy atom. The number of aryl methyl sites for hydroxylation is 1. The Kier molecular flexibility index (Phi) is 4.70. The summed E-state index contributed by atoms with van der Waals surface area (Å²) in [7, 11) is 0. The Balaban J connectivity index is 2.07. The van der Waals surface area contributed by atoms with Crippen molar-refractivity contribution in [1.82, 2.24) is 5.32 Å². The molecule has 3 nitrogen and oxygen atoms in total. The fourth-order valence-corrected chi connectivity index (χ4v) is 2.14. The first-order valence-electron chi connectivity index (χ1n) is 6.79. The van der Waals surface area contributed by atoms with Crippen molar-refractivity contribution in [3.05, 3.63) is 71.0 Å². The van der Waals surface area contributed by atoms with Gasteiger partial charge in [0.2, 0.25) is 0 Å². The van der Waals surface area contributed by atoms with Gasteiger partial charge in [0.15, 0.2) is 0 Å².